The van der Waals surface area contributed by atoms with Gasteiger partial charge in [-0.05, 0) is 43.2 Å². The van der Waals surface area contributed by atoms with Gasteiger partial charge in [0.1, 0.15) is 11.6 Å². The first-order chi connectivity index (χ1) is 10.1. The molecule has 0 bridgehead atoms. The first-order valence-corrected chi connectivity index (χ1v) is 6.60. The van der Waals surface area contributed by atoms with E-state index in [4.69, 9.17) is 5.84 Å². The van der Waals surface area contributed by atoms with Gasteiger partial charge in [0.2, 0.25) is 0 Å². The van der Waals surface area contributed by atoms with Gasteiger partial charge in [0, 0.05) is 17.8 Å². The van der Waals surface area contributed by atoms with E-state index in [-0.39, 0.29) is 11.7 Å². The van der Waals surface area contributed by atoms with Crippen LogP contribution in [0.25, 0.3) is 0 Å². The molecule has 0 saturated carbocycles. The van der Waals surface area contributed by atoms with Crippen LogP contribution in [-0.2, 0) is 6.42 Å². The lowest BCUT2D eigenvalue weighted by molar-refractivity contribution is 0.0954. The van der Waals surface area contributed by atoms with Crippen LogP contribution in [0.1, 0.15) is 21.6 Å². The number of hydrogen-bond acceptors (Lipinski definition) is 5. The van der Waals surface area contributed by atoms with Gasteiger partial charge in [0.25, 0.3) is 5.91 Å². The van der Waals surface area contributed by atoms with Gasteiger partial charge in [-0.25, -0.2) is 10.8 Å². The van der Waals surface area contributed by atoms with Crippen molar-refractivity contribution in [1.82, 2.24) is 10.3 Å². The summed E-state index contributed by atoms with van der Waals surface area (Å²) in [5, 5.41) is 12.0. The minimum Gasteiger partial charge on any atom is -0.508 e. The predicted octanol–water partition coefficient (Wildman–Crippen LogP) is 1.35. The topological polar surface area (TPSA) is 100 Å². The molecule has 2 aromatic rings. The zero-order valence-electron chi connectivity index (χ0n) is 11.8. The number of nitrogens with one attached hydrogen (secondary N) is 2. The molecule has 0 aliphatic carbocycles. The maximum Gasteiger partial charge on any atom is 0.251 e. The molecule has 0 aliphatic rings. The number of phenolic OH excluding ortho intramolecular Hbond substituents is 1. The number of carbonyl (C=O) groups is 1. The lowest BCUT2D eigenvalue weighted by atomic mass is 10.1. The fourth-order valence-corrected chi connectivity index (χ4v) is 1.96. The Kier molecular flexibility index (Phi) is 4.73. The number of benzene rings is 1. The highest BCUT2D eigenvalue weighted by Crippen LogP contribution is 2.11. The number of aryl methyl sites for hydroxylation is 1. The number of anilines is 1. The van der Waals surface area contributed by atoms with Crippen LogP contribution in [0.4, 0.5) is 5.82 Å². The van der Waals surface area contributed by atoms with Crippen molar-refractivity contribution >= 4 is 11.7 Å². The van der Waals surface area contributed by atoms with Gasteiger partial charge in [-0.2, -0.15) is 0 Å². The number of nitrogens with two attached hydrogens (primary N) is 1. The van der Waals surface area contributed by atoms with Gasteiger partial charge in [-0.1, -0.05) is 12.1 Å². The van der Waals surface area contributed by atoms with E-state index < -0.39 is 0 Å². The highest BCUT2D eigenvalue weighted by molar-refractivity contribution is 5.94. The smallest absolute Gasteiger partial charge is 0.251 e. The maximum atomic E-state index is 12.1. The van der Waals surface area contributed by atoms with Gasteiger partial charge in [0.05, 0.1) is 0 Å². The Balaban J connectivity index is 1.92. The number of nitrogen functional groups attached to an aromatic ring is 1. The molecule has 5 N–H and O–H groups in total. The van der Waals surface area contributed by atoms with Crippen molar-refractivity contribution in [3.8, 4) is 5.75 Å². The fourth-order valence-electron chi connectivity index (χ4n) is 1.96. The first kappa shape index (κ1) is 14.8. The van der Waals surface area contributed by atoms with Gasteiger partial charge < -0.3 is 15.8 Å². The van der Waals surface area contributed by atoms with E-state index in [9.17, 15) is 9.90 Å². The van der Waals surface area contributed by atoms with Crippen LogP contribution >= 0.6 is 0 Å². The summed E-state index contributed by atoms with van der Waals surface area (Å²) in [4.78, 5) is 16.2. The van der Waals surface area contributed by atoms with Crippen molar-refractivity contribution < 1.29 is 9.90 Å². The summed E-state index contributed by atoms with van der Waals surface area (Å²) >= 11 is 0. The number of aromatic hydroxyl groups is 1. The summed E-state index contributed by atoms with van der Waals surface area (Å²) in [6.45, 7) is 2.31. The average Bonchev–Trinajstić information content (AvgIpc) is 2.48. The third kappa shape index (κ3) is 4.19. The number of hydrogen-bond donors (Lipinski definition) is 4. The molecule has 110 valence electrons. The van der Waals surface area contributed by atoms with E-state index in [1.165, 1.54) is 0 Å². The van der Waals surface area contributed by atoms with Crippen molar-refractivity contribution in [2.45, 2.75) is 13.3 Å². The Bertz CT molecular complexity index is 626. The molecule has 1 amide bonds. The Morgan fingerprint density at radius 1 is 1.29 bits per heavy atom. The van der Waals surface area contributed by atoms with E-state index in [2.05, 4.69) is 15.7 Å². The van der Waals surface area contributed by atoms with Crippen LogP contribution < -0.4 is 16.6 Å². The van der Waals surface area contributed by atoms with Crippen LogP contribution in [0.15, 0.2) is 36.4 Å². The minimum absolute atomic E-state index is 0.171. The molecule has 2 rings (SSSR count). The largest absolute Gasteiger partial charge is 0.508 e. The van der Waals surface area contributed by atoms with E-state index in [0.717, 1.165) is 5.56 Å². The number of amides is 1. The van der Waals surface area contributed by atoms with Crippen LogP contribution in [-0.4, -0.2) is 22.5 Å². The molecule has 0 spiro atoms. The van der Waals surface area contributed by atoms with Crippen molar-refractivity contribution in [3.63, 3.8) is 0 Å². The van der Waals surface area contributed by atoms with Crippen molar-refractivity contribution in [2.24, 2.45) is 5.84 Å². The third-order valence-electron chi connectivity index (χ3n) is 3.00. The van der Waals surface area contributed by atoms with Gasteiger partial charge >= 0.3 is 0 Å². The minimum atomic E-state index is -0.171. The Morgan fingerprint density at radius 2 is 2.00 bits per heavy atom. The van der Waals surface area contributed by atoms with Crippen LogP contribution in [0.2, 0.25) is 0 Å². The molecule has 0 unspecified atom stereocenters. The second-order valence-corrected chi connectivity index (χ2v) is 4.70. The number of hydrazine groups is 1. The number of phenols is 1. The van der Waals surface area contributed by atoms with E-state index in [0.29, 0.717) is 30.0 Å². The molecular weight excluding hydrogens is 268 g/mol. The lowest BCUT2D eigenvalue weighted by Gasteiger charge is -2.08. The normalized spacial score (nSPS) is 10.2. The van der Waals surface area contributed by atoms with Crippen molar-refractivity contribution in [2.75, 3.05) is 12.0 Å². The van der Waals surface area contributed by atoms with Gasteiger partial charge in [-0.15, -0.1) is 0 Å². The van der Waals surface area contributed by atoms with E-state index in [1.54, 1.807) is 31.2 Å². The Morgan fingerprint density at radius 3 is 2.67 bits per heavy atom. The number of aromatic nitrogens is 1. The number of rotatable bonds is 5. The molecule has 21 heavy (non-hydrogen) atoms. The van der Waals surface area contributed by atoms with Crippen molar-refractivity contribution in [1.29, 1.82) is 0 Å². The Hall–Kier alpha value is -2.60. The molecule has 0 radical (unpaired) electrons. The number of nitrogens with zero attached hydrogens (tertiary/aromatic N) is 1. The number of pyridine rings is 1. The zero-order valence-corrected chi connectivity index (χ0v) is 11.8. The maximum absolute atomic E-state index is 12.1. The first-order valence-electron chi connectivity index (χ1n) is 6.60. The standard InChI is InChI=1S/C15H18N4O2/c1-10-8-12(9-14(18-10)19-16)15(21)17-7-6-11-2-4-13(20)5-3-11/h2-5,8-9,20H,6-7,16H2,1H3,(H,17,21)(H,18,19). The molecule has 6 heteroatoms. The third-order valence-corrected chi connectivity index (χ3v) is 3.00. The molecule has 1 heterocycles. The number of carbonyl (C=O) groups excluding carboxylic acids is 1. The summed E-state index contributed by atoms with van der Waals surface area (Å²) in [6, 6.07) is 10.2. The van der Waals surface area contributed by atoms with Gasteiger partial charge in [-0.3, -0.25) is 4.79 Å². The molecule has 0 fully saturated rings. The van der Waals surface area contributed by atoms with Crippen LogP contribution in [0.5, 0.6) is 5.75 Å². The summed E-state index contributed by atoms with van der Waals surface area (Å²) in [6.07, 6.45) is 0.693. The monoisotopic (exact) mass is 286 g/mol. The second-order valence-electron chi connectivity index (χ2n) is 4.70. The molecule has 0 saturated heterocycles. The highest BCUT2D eigenvalue weighted by Gasteiger charge is 2.07. The summed E-state index contributed by atoms with van der Waals surface area (Å²) in [5.41, 5.74) is 4.71. The van der Waals surface area contributed by atoms with E-state index >= 15 is 0 Å². The van der Waals surface area contributed by atoms with Crippen LogP contribution in [0.3, 0.4) is 0 Å². The SMILES string of the molecule is Cc1cc(C(=O)NCCc2ccc(O)cc2)cc(NN)n1. The Labute approximate surface area is 123 Å². The average molecular weight is 286 g/mol. The van der Waals surface area contributed by atoms with Crippen molar-refractivity contribution in [3.05, 3.63) is 53.2 Å². The quantitative estimate of drug-likeness (QED) is 0.491. The highest BCUT2D eigenvalue weighted by atomic mass is 16.3. The molecular formula is C15H18N4O2. The molecule has 6 nitrogen and oxygen atoms in total. The predicted molar refractivity (Wildman–Crippen MR) is 80.9 cm³/mol. The molecule has 1 aromatic carbocycles. The molecule has 0 aliphatic heterocycles. The van der Waals surface area contributed by atoms with Crippen LogP contribution in [0, 0.1) is 6.92 Å². The second kappa shape index (κ2) is 6.71. The summed E-state index contributed by atoms with van der Waals surface area (Å²) < 4.78 is 0. The molecule has 1 aromatic heterocycles. The fraction of sp³-hybridized carbons (Fsp3) is 0.200. The van der Waals surface area contributed by atoms with E-state index in [1.807, 2.05) is 12.1 Å². The zero-order chi connectivity index (χ0) is 15.2. The summed E-state index contributed by atoms with van der Waals surface area (Å²) in [7, 11) is 0. The summed E-state index contributed by atoms with van der Waals surface area (Å²) in [5.74, 6) is 5.83. The van der Waals surface area contributed by atoms with Gasteiger partial charge in [0.15, 0.2) is 0 Å². The molecule has 0 atom stereocenters. The lowest BCUT2D eigenvalue weighted by Crippen LogP contribution is -2.26.